The van der Waals surface area contributed by atoms with E-state index in [1.807, 2.05) is 12.1 Å². The number of fused-ring (bicyclic) bond motifs is 2. The maximum absolute atomic E-state index is 11.0. The second kappa shape index (κ2) is 6.31. The molecule has 4 aromatic rings. The minimum absolute atomic E-state index is 0.0172. The lowest BCUT2D eigenvalue weighted by Gasteiger charge is -2.31. The van der Waals surface area contributed by atoms with Crippen molar-refractivity contribution in [2.45, 2.75) is 18.9 Å². The van der Waals surface area contributed by atoms with Crippen molar-refractivity contribution in [3.05, 3.63) is 46.5 Å². The Morgan fingerprint density at radius 1 is 1.14 bits per heavy atom. The molecule has 2 aromatic heterocycles. The fraction of sp³-hybridized carbons (Fsp3) is 0.263. The zero-order valence-corrected chi connectivity index (χ0v) is 14.9. The Kier molecular flexibility index (Phi) is 3.76. The molecule has 0 spiro atoms. The number of piperidine rings is 1. The Balaban J connectivity index is 1.51. The highest BCUT2D eigenvalue weighted by Gasteiger charge is 2.19. The van der Waals surface area contributed by atoms with E-state index in [0.29, 0.717) is 17.0 Å². The van der Waals surface area contributed by atoms with Crippen LogP contribution < -0.4 is 4.90 Å². The lowest BCUT2D eigenvalue weighted by Crippen LogP contribution is -2.35. The molecular formula is C19H18N6O3. The van der Waals surface area contributed by atoms with E-state index in [0.717, 1.165) is 48.0 Å². The summed E-state index contributed by atoms with van der Waals surface area (Å²) in [4.78, 5) is 20.7. The third kappa shape index (κ3) is 2.76. The van der Waals surface area contributed by atoms with E-state index in [1.165, 1.54) is 12.1 Å². The quantitative estimate of drug-likeness (QED) is 0.372. The lowest BCUT2D eigenvalue weighted by molar-refractivity contribution is -0.384. The fourth-order valence-corrected chi connectivity index (χ4v) is 3.73. The molecule has 9 nitrogen and oxygen atoms in total. The van der Waals surface area contributed by atoms with Gasteiger partial charge in [0.2, 0.25) is 0 Å². The number of anilines is 1. The molecule has 5 rings (SSSR count). The van der Waals surface area contributed by atoms with Gasteiger partial charge in [-0.2, -0.15) is 5.10 Å². The molecule has 0 amide bonds. The number of imidazole rings is 1. The van der Waals surface area contributed by atoms with Gasteiger partial charge in [0.15, 0.2) is 5.82 Å². The maximum atomic E-state index is 11.0. The van der Waals surface area contributed by atoms with Crippen molar-refractivity contribution in [2.75, 3.05) is 18.0 Å². The molecule has 0 radical (unpaired) electrons. The zero-order valence-electron chi connectivity index (χ0n) is 14.9. The standard InChI is InChI=1S/C19H18N6O3/c26-13-5-7-24(8-6-13)11-2-4-15-17(9-11)21-19(20-15)18-14-3-1-12(25(27)28)10-16(14)22-23-18/h1-4,9-10,13,26H,5-8H2,(H,20,21)(H,22,23). The maximum Gasteiger partial charge on any atom is 0.271 e. The number of rotatable bonds is 3. The molecule has 2 aromatic carbocycles. The molecule has 0 bridgehead atoms. The SMILES string of the molecule is O=[N+]([O-])c1ccc2c(-c3nc4ccc(N5CCC(O)CC5)cc4[nH]3)n[nH]c2c1. The summed E-state index contributed by atoms with van der Waals surface area (Å²) in [6.07, 6.45) is 1.34. The first-order valence-electron chi connectivity index (χ1n) is 9.14. The Bertz CT molecular complexity index is 1190. The Hall–Kier alpha value is -3.46. The molecule has 28 heavy (non-hydrogen) atoms. The highest BCUT2D eigenvalue weighted by molar-refractivity contribution is 5.94. The van der Waals surface area contributed by atoms with Crippen LogP contribution in [0.15, 0.2) is 36.4 Å². The second-order valence-electron chi connectivity index (χ2n) is 7.06. The number of nitro groups is 1. The Morgan fingerprint density at radius 2 is 1.96 bits per heavy atom. The van der Waals surface area contributed by atoms with Gasteiger partial charge in [0.25, 0.3) is 5.69 Å². The van der Waals surface area contributed by atoms with Crippen molar-refractivity contribution < 1.29 is 10.0 Å². The van der Waals surface area contributed by atoms with Gasteiger partial charge in [-0.05, 0) is 37.1 Å². The highest BCUT2D eigenvalue weighted by Crippen LogP contribution is 2.30. The predicted octanol–water partition coefficient (Wildman–Crippen LogP) is 2.98. The number of nitro benzene ring substituents is 1. The topological polar surface area (TPSA) is 124 Å². The van der Waals surface area contributed by atoms with E-state index < -0.39 is 4.92 Å². The van der Waals surface area contributed by atoms with Crippen LogP contribution in [0.2, 0.25) is 0 Å². The molecule has 0 saturated carbocycles. The monoisotopic (exact) mass is 378 g/mol. The number of hydrogen-bond acceptors (Lipinski definition) is 6. The highest BCUT2D eigenvalue weighted by atomic mass is 16.6. The van der Waals surface area contributed by atoms with Gasteiger partial charge in [-0.3, -0.25) is 15.2 Å². The van der Waals surface area contributed by atoms with Gasteiger partial charge in [-0.25, -0.2) is 4.98 Å². The van der Waals surface area contributed by atoms with Crippen LogP contribution in [0.3, 0.4) is 0 Å². The van der Waals surface area contributed by atoms with Gasteiger partial charge in [0.1, 0.15) is 5.69 Å². The summed E-state index contributed by atoms with van der Waals surface area (Å²) in [5.41, 5.74) is 4.06. The van der Waals surface area contributed by atoms with E-state index >= 15 is 0 Å². The summed E-state index contributed by atoms with van der Waals surface area (Å²) >= 11 is 0. The summed E-state index contributed by atoms with van der Waals surface area (Å²) in [5, 5.41) is 28.6. The number of benzene rings is 2. The van der Waals surface area contributed by atoms with E-state index in [4.69, 9.17) is 0 Å². The number of non-ortho nitro benzene ring substituents is 1. The first-order valence-corrected chi connectivity index (χ1v) is 9.14. The minimum atomic E-state index is -0.428. The van der Waals surface area contributed by atoms with Crippen molar-refractivity contribution in [1.29, 1.82) is 0 Å². The van der Waals surface area contributed by atoms with Crippen molar-refractivity contribution in [1.82, 2.24) is 20.2 Å². The number of nitrogens with zero attached hydrogens (tertiary/aromatic N) is 4. The molecule has 1 aliphatic rings. The first-order chi connectivity index (χ1) is 13.6. The average molecular weight is 378 g/mol. The van der Waals surface area contributed by atoms with E-state index in [-0.39, 0.29) is 11.8 Å². The molecule has 0 atom stereocenters. The van der Waals surface area contributed by atoms with E-state index in [2.05, 4.69) is 31.1 Å². The van der Waals surface area contributed by atoms with Gasteiger partial charge >= 0.3 is 0 Å². The first kappa shape index (κ1) is 16.7. The number of hydrogen-bond donors (Lipinski definition) is 3. The smallest absolute Gasteiger partial charge is 0.271 e. The summed E-state index contributed by atoms with van der Waals surface area (Å²) in [5.74, 6) is 0.612. The van der Waals surface area contributed by atoms with Crippen LogP contribution in [0, 0.1) is 10.1 Å². The average Bonchev–Trinajstić information content (AvgIpc) is 3.31. The lowest BCUT2D eigenvalue weighted by atomic mass is 10.1. The van der Waals surface area contributed by atoms with Crippen LogP contribution in [-0.2, 0) is 0 Å². The number of aromatic amines is 2. The summed E-state index contributed by atoms with van der Waals surface area (Å²) in [6.45, 7) is 1.66. The van der Waals surface area contributed by atoms with Crippen molar-refractivity contribution in [2.24, 2.45) is 0 Å². The molecule has 142 valence electrons. The van der Waals surface area contributed by atoms with Gasteiger partial charge in [-0.15, -0.1) is 0 Å². The summed E-state index contributed by atoms with van der Waals surface area (Å²) in [6, 6.07) is 10.7. The molecule has 3 heterocycles. The molecule has 0 aliphatic carbocycles. The van der Waals surface area contributed by atoms with E-state index in [9.17, 15) is 15.2 Å². The Morgan fingerprint density at radius 3 is 2.75 bits per heavy atom. The molecular weight excluding hydrogens is 360 g/mol. The molecule has 3 N–H and O–H groups in total. The molecule has 1 aliphatic heterocycles. The minimum Gasteiger partial charge on any atom is -0.393 e. The van der Waals surface area contributed by atoms with Crippen molar-refractivity contribution in [3.63, 3.8) is 0 Å². The van der Waals surface area contributed by atoms with Gasteiger partial charge < -0.3 is 15.0 Å². The van der Waals surface area contributed by atoms with Crippen LogP contribution >= 0.6 is 0 Å². The molecule has 0 unspecified atom stereocenters. The molecule has 9 heteroatoms. The number of aromatic nitrogens is 4. The van der Waals surface area contributed by atoms with Crippen LogP contribution in [0.1, 0.15) is 12.8 Å². The summed E-state index contributed by atoms with van der Waals surface area (Å²) < 4.78 is 0. The van der Waals surface area contributed by atoms with Crippen molar-refractivity contribution >= 4 is 33.3 Å². The van der Waals surface area contributed by atoms with Gasteiger partial charge in [0.05, 0.1) is 27.6 Å². The normalized spacial score (nSPS) is 15.5. The van der Waals surface area contributed by atoms with Crippen molar-refractivity contribution in [3.8, 4) is 11.5 Å². The fourth-order valence-electron chi connectivity index (χ4n) is 3.73. The number of nitrogens with one attached hydrogen (secondary N) is 2. The zero-order chi connectivity index (χ0) is 19.3. The van der Waals surface area contributed by atoms with Gasteiger partial charge in [0, 0.05) is 36.3 Å². The molecule has 1 saturated heterocycles. The van der Waals surface area contributed by atoms with Gasteiger partial charge in [-0.1, -0.05) is 0 Å². The van der Waals surface area contributed by atoms with Crippen LogP contribution in [0.25, 0.3) is 33.5 Å². The predicted molar refractivity (Wildman–Crippen MR) is 105 cm³/mol. The largest absolute Gasteiger partial charge is 0.393 e. The van der Waals surface area contributed by atoms with Crippen LogP contribution in [0.5, 0.6) is 0 Å². The third-order valence-corrected chi connectivity index (χ3v) is 5.28. The third-order valence-electron chi connectivity index (χ3n) is 5.28. The second-order valence-corrected chi connectivity index (χ2v) is 7.06. The number of aliphatic hydroxyl groups is 1. The summed E-state index contributed by atoms with van der Waals surface area (Å²) in [7, 11) is 0. The molecule has 1 fully saturated rings. The van der Waals surface area contributed by atoms with E-state index in [1.54, 1.807) is 6.07 Å². The van der Waals surface area contributed by atoms with Crippen LogP contribution in [-0.4, -0.2) is 49.4 Å². The number of aliphatic hydroxyl groups excluding tert-OH is 1. The van der Waals surface area contributed by atoms with Crippen LogP contribution in [0.4, 0.5) is 11.4 Å². The number of H-pyrrole nitrogens is 2. The Labute approximate surface area is 159 Å².